The van der Waals surface area contributed by atoms with Crippen LogP contribution in [0.3, 0.4) is 0 Å². The monoisotopic (exact) mass is 472 g/mol. The van der Waals surface area contributed by atoms with Crippen molar-refractivity contribution in [3.8, 4) is 0 Å². The lowest BCUT2D eigenvalue weighted by Gasteiger charge is -2.67. The van der Waals surface area contributed by atoms with E-state index < -0.39 is 5.97 Å². The van der Waals surface area contributed by atoms with Crippen molar-refractivity contribution in [3.05, 3.63) is 0 Å². The summed E-state index contributed by atoms with van der Waals surface area (Å²) in [5.41, 5.74) is 1.76. The Hall–Kier alpha value is -1.06. The van der Waals surface area contributed by atoms with E-state index in [-0.39, 0.29) is 22.9 Å². The molecule has 9 atom stereocenters. The highest BCUT2D eigenvalue weighted by Crippen LogP contribution is 2.92. The molecule has 2 spiro atoms. The Balaban J connectivity index is 1.44. The number of carboxylic acid groups (broad SMARTS) is 1. The zero-order chi connectivity index (χ0) is 24.9. The highest BCUT2D eigenvalue weighted by Gasteiger charge is 2.85. The van der Waals surface area contributed by atoms with E-state index in [2.05, 4.69) is 41.5 Å². The topological polar surface area (TPSA) is 63.6 Å². The van der Waals surface area contributed by atoms with Crippen LogP contribution in [-0.2, 0) is 14.3 Å². The minimum atomic E-state index is -0.654. The minimum absolute atomic E-state index is 0.00337. The average Bonchev–Trinajstić information content (AvgIpc) is 3.33. The molecule has 5 rings (SSSR count). The molecule has 0 unspecified atom stereocenters. The van der Waals surface area contributed by atoms with E-state index in [1.54, 1.807) is 6.92 Å². The summed E-state index contributed by atoms with van der Waals surface area (Å²) in [5, 5.41) is 9.26. The Morgan fingerprint density at radius 3 is 2.29 bits per heavy atom. The zero-order valence-electron chi connectivity index (χ0n) is 22.8. The van der Waals surface area contributed by atoms with Crippen molar-refractivity contribution in [3.63, 3.8) is 0 Å². The van der Waals surface area contributed by atoms with Gasteiger partial charge in [-0.05, 0) is 109 Å². The highest BCUT2D eigenvalue weighted by molar-refractivity contribution is 5.66. The summed E-state index contributed by atoms with van der Waals surface area (Å²) < 4.78 is 5.92. The normalized spacial score (nSPS) is 51.3. The van der Waals surface area contributed by atoms with E-state index in [1.807, 2.05) is 0 Å². The number of hydrogen-bond acceptors (Lipinski definition) is 3. The molecule has 1 N–H and O–H groups in total. The number of rotatable bonds is 5. The van der Waals surface area contributed by atoms with Crippen LogP contribution in [0.5, 0.6) is 0 Å². The molecule has 0 amide bonds. The van der Waals surface area contributed by atoms with Gasteiger partial charge in [-0.15, -0.1) is 0 Å². The maximum atomic E-state index is 11.9. The predicted octanol–water partition coefficient (Wildman–Crippen LogP) is 7.25. The lowest BCUT2D eigenvalue weighted by atomic mass is 9.38. The molecule has 0 heterocycles. The molecule has 5 fully saturated rings. The molecule has 0 saturated heterocycles. The van der Waals surface area contributed by atoms with Crippen molar-refractivity contribution in [2.45, 2.75) is 125 Å². The SMILES string of the molecule is CC(=O)O[C@H]1CC[C@]23C[C@]24CC[C@]2(C)[C@@H]([C@H](C)CCC(=O)O)CC[C@@]2(C)[C@@H]4CC[C@@]3(C)C1(C)C. The maximum Gasteiger partial charge on any atom is 0.303 e. The summed E-state index contributed by atoms with van der Waals surface area (Å²) in [7, 11) is 0. The Morgan fingerprint density at radius 2 is 1.65 bits per heavy atom. The lowest BCUT2D eigenvalue weighted by molar-refractivity contribution is -0.212. The van der Waals surface area contributed by atoms with Crippen LogP contribution in [-0.4, -0.2) is 23.1 Å². The third-order valence-electron chi connectivity index (χ3n) is 13.9. The number of carbonyl (C=O) groups is 2. The van der Waals surface area contributed by atoms with Gasteiger partial charge in [-0.1, -0.05) is 41.5 Å². The van der Waals surface area contributed by atoms with Gasteiger partial charge in [0.1, 0.15) is 6.10 Å². The number of aliphatic carboxylic acids is 1. The van der Waals surface area contributed by atoms with E-state index in [0.717, 1.165) is 18.8 Å². The van der Waals surface area contributed by atoms with E-state index >= 15 is 0 Å². The van der Waals surface area contributed by atoms with Crippen LogP contribution in [0.1, 0.15) is 119 Å². The van der Waals surface area contributed by atoms with E-state index in [9.17, 15) is 14.7 Å². The molecule has 0 aromatic heterocycles. The molecule has 192 valence electrons. The first-order valence-corrected chi connectivity index (χ1v) is 14.1. The summed E-state index contributed by atoms with van der Waals surface area (Å²) in [5.74, 6) is 1.13. The van der Waals surface area contributed by atoms with Crippen LogP contribution in [0.25, 0.3) is 0 Å². The van der Waals surface area contributed by atoms with E-state index in [1.165, 1.54) is 51.4 Å². The van der Waals surface area contributed by atoms with Crippen molar-refractivity contribution in [1.29, 1.82) is 0 Å². The summed E-state index contributed by atoms with van der Waals surface area (Å²) in [4.78, 5) is 23.1. The first-order valence-electron chi connectivity index (χ1n) is 14.1. The second kappa shape index (κ2) is 7.25. The van der Waals surface area contributed by atoms with Gasteiger partial charge in [-0.25, -0.2) is 0 Å². The number of carboxylic acids is 1. The molecule has 4 nitrogen and oxygen atoms in total. The quantitative estimate of drug-likeness (QED) is 0.428. The van der Waals surface area contributed by atoms with Crippen molar-refractivity contribution in [2.75, 3.05) is 0 Å². The zero-order valence-corrected chi connectivity index (χ0v) is 22.8. The van der Waals surface area contributed by atoms with Gasteiger partial charge in [0.25, 0.3) is 0 Å². The summed E-state index contributed by atoms with van der Waals surface area (Å²) in [6, 6.07) is 0. The van der Waals surface area contributed by atoms with Crippen molar-refractivity contribution in [2.24, 2.45) is 50.2 Å². The van der Waals surface area contributed by atoms with Gasteiger partial charge in [0.15, 0.2) is 0 Å². The second-order valence-electron chi connectivity index (χ2n) is 14.6. The number of esters is 1. The fourth-order valence-electron chi connectivity index (χ4n) is 11.6. The average molecular weight is 473 g/mol. The van der Waals surface area contributed by atoms with Crippen LogP contribution in [0.2, 0.25) is 0 Å². The first-order chi connectivity index (χ1) is 15.7. The molecule has 5 aliphatic carbocycles. The number of hydrogen-bond donors (Lipinski definition) is 1. The maximum absolute atomic E-state index is 11.9. The molecule has 5 aliphatic rings. The van der Waals surface area contributed by atoms with Crippen molar-refractivity contribution < 1.29 is 19.4 Å². The van der Waals surface area contributed by atoms with Crippen LogP contribution in [0.4, 0.5) is 0 Å². The largest absolute Gasteiger partial charge is 0.481 e. The molecule has 0 aromatic rings. The molecular formula is C30H48O4. The second-order valence-corrected chi connectivity index (χ2v) is 14.6. The third-order valence-corrected chi connectivity index (χ3v) is 13.9. The highest BCUT2D eigenvalue weighted by atomic mass is 16.5. The molecule has 0 aromatic carbocycles. The minimum Gasteiger partial charge on any atom is -0.481 e. The number of fused-ring (bicyclic) bond motifs is 2. The third kappa shape index (κ3) is 2.72. The van der Waals surface area contributed by atoms with Gasteiger partial charge < -0.3 is 9.84 Å². The van der Waals surface area contributed by atoms with Crippen LogP contribution in [0.15, 0.2) is 0 Å². The van der Waals surface area contributed by atoms with Gasteiger partial charge in [0, 0.05) is 18.8 Å². The van der Waals surface area contributed by atoms with E-state index in [0.29, 0.717) is 39.9 Å². The Labute approximate surface area is 207 Å². The predicted molar refractivity (Wildman–Crippen MR) is 133 cm³/mol. The number of carbonyl (C=O) groups excluding carboxylic acids is 1. The van der Waals surface area contributed by atoms with Crippen molar-refractivity contribution in [1.82, 2.24) is 0 Å². The molecule has 34 heavy (non-hydrogen) atoms. The first kappa shape index (κ1) is 24.6. The smallest absolute Gasteiger partial charge is 0.303 e. The summed E-state index contributed by atoms with van der Waals surface area (Å²) in [6.07, 6.45) is 12.5. The summed E-state index contributed by atoms with van der Waals surface area (Å²) >= 11 is 0. The van der Waals surface area contributed by atoms with Gasteiger partial charge in [0.05, 0.1) is 0 Å². The van der Waals surface area contributed by atoms with Gasteiger partial charge in [0.2, 0.25) is 0 Å². The molecule has 5 saturated carbocycles. The standard InChI is InChI=1S/C30H48O4/c1-19(8-9-24(32)33)21-10-13-27(6)22-11-14-28(7)25(3,4)23(34-20(2)31)12-15-30(28)18-29(22,30)17-16-26(21,27)5/h19,21-23H,8-18H2,1-7H3,(H,32,33)/t19-,21-,22+,23+,26-,27+,28+,29+,30-/m1/s1. The van der Waals surface area contributed by atoms with Crippen LogP contribution >= 0.6 is 0 Å². The molecular weight excluding hydrogens is 424 g/mol. The summed E-state index contributed by atoms with van der Waals surface area (Å²) in [6.45, 7) is 16.4. The van der Waals surface area contributed by atoms with Crippen LogP contribution < -0.4 is 0 Å². The van der Waals surface area contributed by atoms with Crippen LogP contribution in [0, 0.1) is 50.2 Å². The number of ether oxygens (including phenoxy) is 1. The molecule has 0 radical (unpaired) electrons. The van der Waals surface area contributed by atoms with Gasteiger partial charge >= 0.3 is 11.9 Å². The van der Waals surface area contributed by atoms with Crippen molar-refractivity contribution >= 4 is 11.9 Å². The van der Waals surface area contributed by atoms with E-state index in [4.69, 9.17) is 4.74 Å². The Morgan fingerprint density at radius 1 is 0.941 bits per heavy atom. The molecule has 4 heteroatoms. The fraction of sp³-hybridized carbons (Fsp3) is 0.933. The molecule has 0 bridgehead atoms. The lowest BCUT2D eigenvalue weighted by Crippen LogP contribution is -2.62. The fourth-order valence-corrected chi connectivity index (χ4v) is 11.6. The van der Waals surface area contributed by atoms with Gasteiger partial charge in [-0.3, -0.25) is 9.59 Å². The Kier molecular flexibility index (Phi) is 5.25. The Bertz CT molecular complexity index is 894. The molecule has 0 aliphatic heterocycles. The van der Waals surface area contributed by atoms with Gasteiger partial charge in [-0.2, -0.15) is 0 Å².